The van der Waals surface area contributed by atoms with Gasteiger partial charge in [0.1, 0.15) is 11.6 Å². The molecule has 0 spiro atoms. The maximum Gasteiger partial charge on any atom is 0.317 e. The van der Waals surface area contributed by atoms with E-state index in [4.69, 9.17) is 4.74 Å². The molecule has 2 rings (SSSR count). The lowest BCUT2D eigenvalue weighted by Gasteiger charge is -2.21. The SMILES string of the molecule is Cc1csc(CN(C)C(=O)N[C@@H](C)COc2ccccc2F)n1. The van der Waals surface area contributed by atoms with Gasteiger partial charge in [-0.05, 0) is 26.0 Å². The average molecular weight is 337 g/mol. The van der Waals surface area contributed by atoms with Crippen LogP contribution in [0.2, 0.25) is 0 Å². The molecule has 0 aliphatic rings. The fraction of sp³-hybridized carbons (Fsp3) is 0.375. The van der Waals surface area contributed by atoms with Crippen LogP contribution in [0.5, 0.6) is 5.75 Å². The molecule has 1 aromatic heterocycles. The highest BCUT2D eigenvalue weighted by Crippen LogP contribution is 2.15. The second-order valence-electron chi connectivity index (χ2n) is 5.33. The van der Waals surface area contributed by atoms with Crippen molar-refractivity contribution in [1.29, 1.82) is 0 Å². The highest BCUT2D eigenvalue weighted by Gasteiger charge is 2.14. The molecule has 0 bridgehead atoms. The molecule has 0 saturated heterocycles. The predicted molar refractivity (Wildman–Crippen MR) is 88.2 cm³/mol. The zero-order valence-electron chi connectivity index (χ0n) is 13.4. The molecule has 0 saturated carbocycles. The van der Waals surface area contributed by atoms with Crippen molar-refractivity contribution in [2.24, 2.45) is 0 Å². The number of carbonyl (C=O) groups is 1. The van der Waals surface area contributed by atoms with Gasteiger partial charge in [0.15, 0.2) is 11.6 Å². The number of urea groups is 1. The number of ether oxygens (including phenoxy) is 1. The third-order valence-corrected chi connectivity index (χ3v) is 4.03. The van der Waals surface area contributed by atoms with Crippen LogP contribution < -0.4 is 10.1 Å². The van der Waals surface area contributed by atoms with E-state index in [1.165, 1.54) is 17.4 Å². The fourth-order valence-corrected chi connectivity index (χ4v) is 2.71. The number of aryl methyl sites for hydroxylation is 1. The number of nitrogens with zero attached hydrogens (tertiary/aromatic N) is 2. The molecule has 0 aliphatic heterocycles. The van der Waals surface area contributed by atoms with Gasteiger partial charge in [0, 0.05) is 18.1 Å². The summed E-state index contributed by atoms with van der Waals surface area (Å²) < 4.78 is 18.8. The molecule has 5 nitrogen and oxygen atoms in total. The van der Waals surface area contributed by atoms with E-state index in [1.807, 2.05) is 12.3 Å². The van der Waals surface area contributed by atoms with E-state index in [-0.39, 0.29) is 24.4 Å². The van der Waals surface area contributed by atoms with Gasteiger partial charge < -0.3 is 15.0 Å². The average Bonchev–Trinajstić information content (AvgIpc) is 2.91. The quantitative estimate of drug-likeness (QED) is 0.881. The van der Waals surface area contributed by atoms with Crippen molar-refractivity contribution in [3.63, 3.8) is 0 Å². The first kappa shape index (κ1) is 17.2. The molecule has 7 heteroatoms. The van der Waals surface area contributed by atoms with Crippen molar-refractivity contribution in [3.8, 4) is 5.75 Å². The summed E-state index contributed by atoms with van der Waals surface area (Å²) >= 11 is 1.52. The Kier molecular flexibility index (Phi) is 5.92. The third kappa shape index (κ3) is 5.21. The first-order valence-electron chi connectivity index (χ1n) is 7.25. The molecule has 0 aliphatic carbocycles. The minimum Gasteiger partial charge on any atom is -0.488 e. The number of aromatic nitrogens is 1. The van der Waals surface area contributed by atoms with Crippen molar-refractivity contribution >= 4 is 17.4 Å². The zero-order chi connectivity index (χ0) is 16.8. The molecule has 0 fully saturated rings. The van der Waals surface area contributed by atoms with Gasteiger partial charge >= 0.3 is 6.03 Å². The Morgan fingerprint density at radius 2 is 2.22 bits per heavy atom. The molecular formula is C16H20FN3O2S. The summed E-state index contributed by atoms with van der Waals surface area (Å²) in [7, 11) is 1.70. The summed E-state index contributed by atoms with van der Waals surface area (Å²) in [6, 6.07) is 5.72. The Labute approximate surface area is 139 Å². The van der Waals surface area contributed by atoms with Crippen LogP contribution in [0.3, 0.4) is 0 Å². The molecular weight excluding hydrogens is 317 g/mol. The van der Waals surface area contributed by atoms with Crippen LogP contribution in [0.4, 0.5) is 9.18 Å². The number of halogens is 1. The van der Waals surface area contributed by atoms with E-state index < -0.39 is 5.82 Å². The van der Waals surface area contributed by atoms with Crippen LogP contribution in [0.1, 0.15) is 17.6 Å². The Balaban J connectivity index is 1.78. The van der Waals surface area contributed by atoms with Crippen molar-refractivity contribution in [2.45, 2.75) is 26.4 Å². The van der Waals surface area contributed by atoms with Gasteiger partial charge in [-0.1, -0.05) is 12.1 Å². The topological polar surface area (TPSA) is 54.5 Å². The van der Waals surface area contributed by atoms with Gasteiger partial charge in [-0.15, -0.1) is 11.3 Å². The number of nitrogens with one attached hydrogen (secondary N) is 1. The van der Waals surface area contributed by atoms with Crippen molar-refractivity contribution in [2.75, 3.05) is 13.7 Å². The molecule has 23 heavy (non-hydrogen) atoms. The molecule has 2 aromatic rings. The normalized spacial score (nSPS) is 11.8. The van der Waals surface area contributed by atoms with Gasteiger partial charge in [0.05, 0.1) is 12.6 Å². The van der Waals surface area contributed by atoms with Crippen molar-refractivity contribution in [3.05, 3.63) is 46.2 Å². The van der Waals surface area contributed by atoms with Gasteiger partial charge in [0.25, 0.3) is 0 Å². The van der Waals surface area contributed by atoms with Crippen LogP contribution in [0.25, 0.3) is 0 Å². The van der Waals surface area contributed by atoms with E-state index >= 15 is 0 Å². The lowest BCUT2D eigenvalue weighted by molar-refractivity contribution is 0.194. The molecule has 0 unspecified atom stereocenters. The molecule has 1 atom stereocenters. The van der Waals surface area contributed by atoms with Crippen LogP contribution in [-0.4, -0.2) is 35.6 Å². The standard InChI is InChI=1S/C16H20FN3O2S/c1-11(9-22-14-7-5-4-6-13(14)17)19-16(21)20(3)8-15-18-12(2)10-23-15/h4-7,10-11H,8-9H2,1-3H3,(H,19,21)/t11-/m0/s1. The lowest BCUT2D eigenvalue weighted by Crippen LogP contribution is -2.43. The van der Waals surface area contributed by atoms with Gasteiger partial charge in [0.2, 0.25) is 0 Å². The number of thiazole rings is 1. The summed E-state index contributed by atoms with van der Waals surface area (Å²) in [5, 5.41) is 5.65. The minimum absolute atomic E-state index is 0.181. The minimum atomic E-state index is -0.415. The van der Waals surface area contributed by atoms with E-state index in [0.29, 0.717) is 6.54 Å². The smallest absolute Gasteiger partial charge is 0.317 e. The van der Waals surface area contributed by atoms with Crippen LogP contribution >= 0.6 is 11.3 Å². The Morgan fingerprint density at radius 3 is 2.87 bits per heavy atom. The summed E-state index contributed by atoms with van der Waals surface area (Å²) in [5.41, 5.74) is 0.950. The summed E-state index contributed by atoms with van der Waals surface area (Å²) in [4.78, 5) is 18.0. The summed E-state index contributed by atoms with van der Waals surface area (Å²) in [6.45, 7) is 4.37. The third-order valence-electron chi connectivity index (χ3n) is 3.08. The van der Waals surface area contributed by atoms with Crippen LogP contribution in [0.15, 0.2) is 29.6 Å². The molecule has 2 amide bonds. The molecule has 1 heterocycles. The van der Waals surface area contributed by atoms with E-state index in [0.717, 1.165) is 10.7 Å². The van der Waals surface area contributed by atoms with Gasteiger partial charge in [-0.25, -0.2) is 14.2 Å². The number of carbonyl (C=O) groups excluding carboxylic acids is 1. The first-order valence-corrected chi connectivity index (χ1v) is 8.13. The number of benzene rings is 1. The monoisotopic (exact) mass is 337 g/mol. The summed E-state index contributed by atoms with van der Waals surface area (Å²) in [6.07, 6.45) is 0. The maximum atomic E-state index is 13.4. The number of rotatable bonds is 6. The maximum absolute atomic E-state index is 13.4. The summed E-state index contributed by atoms with van der Waals surface area (Å²) in [5.74, 6) is -0.234. The number of hydrogen-bond acceptors (Lipinski definition) is 4. The molecule has 1 aromatic carbocycles. The first-order chi connectivity index (χ1) is 11.0. The van der Waals surface area contributed by atoms with Crippen molar-refractivity contribution < 1.29 is 13.9 Å². The second-order valence-corrected chi connectivity index (χ2v) is 6.27. The number of para-hydroxylation sites is 1. The lowest BCUT2D eigenvalue weighted by atomic mass is 10.3. The van der Waals surface area contributed by atoms with E-state index in [1.54, 1.807) is 37.1 Å². The predicted octanol–water partition coefficient (Wildman–Crippen LogP) is 3.20. The van der Waals surface area contributed by atoms with Crippen molar-refractivity contribution in [1.82, 2.24) is 15.2 Å². The molecule has 1 N–H and O–H groups in total. The zero-order valence-corrected chi connectivity index (χ0v) is 14.2. The van der Waals surface area contributed by atoms with Gasteiger partial charge in [-0.3, -0.25) is 0 Å². The second kappa shape index (κ2) is 7.92. The Morgan fingerprint density at radius 1 is 1.48 bits per heavy atom. The van der Waals surface area contributed by atoms with Crippen LogP contribution in [0, 0.1) is 12.7 Å². The Hall–Kier alpha value is -2.15. The largest absolute Gasteiger partial charge is 0.488 e. The highest BCUT2D eigenvalue weighted by molar-refractivity contribution is 7.09. The fourth-order valence-electron chi connectivity index (χ4n) is 1.89. The van der Waals surface area contributed by atoms with Gasteiger partial charge in [-0.2, -0.15) is 0 Å². The number of amides is 2. The molecule has 0 radical (unpaired) electrons. The molecule has 124 valence electrons. The highest BCUT2D eigenvalue weighted by atomic mass is 32.1. The van der Waals surface area contributed by atoms with Crippen LogP contribution in [-0.2, 0) is 6.54 Å². The van der Waals surface area contributed by atoms with E-state index in [9.17, 15) is 9.18 Å². The van der Waals surface area contributed by atoms with E-state index in [2.05, 4.69) is 10.3 Å². The number of hydrogen-bond donors (Lipinski definition) is 1. The Bertz CT molecular complexity index is 662.